The van der Waals surface area contributed by atoms with Crippen LogP contribution in [0, 0.1) is 5.82 Å². The van der Waals surface area contributed by atoms with Gasteiger partial charge in [-0.25, -0.2) is 14.4 Å². The Morgan fingerprint density at radius 1 is 1.11 bits per heavy atom. The van der Waals surface area contributed by atoms with Crippen LogP contribution >= 0.6 is 11.6 Å². The fourth-order valence-electron chi connectivity index (χ4n) is 1.36. The number of alkyl halides is 3. The molecule has 3 nitrogen and oxygen atoms in total. The zero-order chi connectivity index (χ0) is 14.0. The minimum atomic E-state index is -4.94. The van der Waals surface area contributed by atoms with Gasteiger partial charge in [-0.05, 0) is 18.2 Å². The van der Waals surface area contributed by atoms with Gasteiger partial charge in [0.25, 0.3) is 0 Å². The summed E-state index contributed by atoms with van der Waals surface area (Å²) < 4.78 is 52.9. The first kappa shape index (κ1) is 13.5. The van der Waals surface area contributed by atoms with Crippen LogP contribution in [0.1, 0.15) is 0 Å². The SMILES string of the molecule is Fc1cc(-c2cc(Cl)ncn2)ccc1OC(F)(F)F. The average Bonchev–Trinajstić information content (AvgIpc) is 2.30. The fraction of sp³-hybridized carbons (Fsp3) is 0.0909. The highest BCUT2D eigenvalue weighted by Crippen LogP contribution is 2.29. The van der Waals surface area contributed by atoms with Gasteiger partial charge in [-0.3, -0.25) is 0 Å². The molecule has 1 aromatic carbocycles. The van der Waals surface area contributed by atoms with Crippen molar-refractivity contribution in [3.63, 3.8) is 0 Å². The van der Waals surface area contributed by atoms with Crippen molar-refractivity contribution in [3.8, 4) is 17.0 Å². The Bertz CT molecular complexity index is 603. The average molecular weight is 293 g/mol. The maximum absolute atomic E-state index is 13.5. The van der Waals surface area contributed by atoms with Crippen molar-refractivity contribution < 1.29 is 22.3 Å². The fourth-order valence-corrected chi connectivity index (χ4v) is 1.51. The van der Waals surface area contributed by atoms with Crippen molar-refractivity contribution in [2.45, 2.75) is 6.36 Å². The van der Waals surface area contributed by atoms with Gasteiger partial charge in [0.05, 0.1) is 5.69 Å². The van der Waals surface area contributed by atoms with Crippen LogP contribution in [-0.4, -0.2) is 16.3 Å². The van der Waals surface area contributed by atoms with Gasteiger partial charge in [0.2, 0.25) is 0 Å². The lowest BCUT2D eigenvalue weighted by Crippen LogP contribution is -2.17. The number of benzene rings is 1. The second-order valence-corrected chi connectivity index (χ2v) is 3.81. The zero-order valence-electron chi connectivity index (χ0n) is 9.08. The van der Waals surface area contributed by atoms with Crippen LogP contribution < -0.4 is 4.74 Å². The van der Waals surface area contributed by atoms with E-state index in [-0.39, 0.29) is 16.4 Å². The van der Waals surface area contributed by atoms with E-state index in [0.717, 1.165) is 18.5 Å². The van der Waals surface area contributed by atoms with Crippen molar-refractivity contribution in [2.75, 3.05) is 0 Å². The molecular formula is C11H5ClF4N2O. The molecule has 0 saturated carbocycles. The first-order valence-electron chi connectivity index (χ1n) is 4.88. The molecule has 0 aliphatic carbocycles. The predicted molar refractivity (Wildman–Crippen MR) is 59.1 cm³/mol. The molecule has 0 spiro atoms. The maximum atomic E-state index is 13.5. The Kier molecular flexibility index (Phi) is 3.57. The zero-order valence-corrected chi connectivity index (χ0v) is 9.84. The van der Waals surface area contributed by atoms with Crippen LogP contribution in [0.4, 0.5) is 17.6 Å². The molecule has 1 heterocycles. The molecule has 0 N–H and O–H groups in total. The van der Waals surface area contributed by atoms with Crippen molar-refractivity contribution in [1.29, 1.82) is 0 Å². The van der Waals surface area contributed by atoms with Crippen molar-refractivity contribution in [1.82, 2.24) is 9.97 Å². The molecule has 2 rings (SSSR count). The number of halogens is 5. The van der Waals surface area contributed by atoms with Crippen LogP contribution in [0.25, 0.3) is 11.3 Å². The van der Waals surface area contributed by atoms with Gasteiger partial charge in [-0.15, -0.1) is 13.2 Å². The molecule has 8 heteroatoms. The highest BCUT2D eigenvalue weighted by atomic mass is 35.5. The lowest BCUT2D eigenvalue weighted by Gasteiger charge is -2.10. The molecule has 0 unspecified atom stereocenters. The predicted octanol–water partition coefficient (Wildman–Crippen LogP) is 3.83. The molecule has 19 heavy (non-hydrogen) atoms. The van der Waals surface area contributed by atoms with E-state index in [2.05, 4.69) is 14.7 Å². The van der Waals surface area contributed by atoms with Crippen LogP contribution in [0.3, 0.4) is 0 Å². The molecule has 1 aromatic heterocycles. The summed E-state index contributed by atoms with van der Waals surface area (Å²) >= 11 is 5.63. The van der Waals surface area contributed by atoms with Gasteiger partial charge in [0.15, 0.2) is 11.6 Å². The molecule has 0 amide bonds. The molecule has 0 aliphatic heterocycles. The van der Waals surface area contributed by atoms with Gasteiger partial charge in [-0.1, -0.05) is 11.6 Å². The van der Waals surface area contributed by atoms with Crippen molar-refractivity contribution in [3.05, 3.63) is 41.6 Å². The van der Waals surface area contributed by atoms with Gasteiger partial charge < -0.3 is 4.74 Å². The third kappa shape index (κ3) is 3.54. The van der Waals surface area contributed by atoms with Gasteiger partial charge >= 0.3 is 6.36 Å². The lowest BCUT2D eigenvalue weighted by molar-refractivity contribution is -0.275. The van der Waals surface area contributed by atoms with Crippen LogP contribution in [0.2, 0.25) is 5.15 Å². The molecule has 0 fully saturated rings. The third-order valence-electron chi connectivity index (χ3n) is 2.09. The summed E-state index contributed by atoms with van der Waals surface area (Å²) in [6.07, 6.45) is -3.78. The first-order valence-corrected chi connectivity index (χ1v) is 5.26. The highest BCUT2D eigenvalue weighted by Gasteiger charge is 2.32. The Balaban J connectivity index is 2.34. The molecule has 2 aromatic rings. The standard InChI is InChI=1S/C11H5ClF4N2O/c12-10-4-8(17-5-18-10)6-1-2-9(7(13)3-6)19-11(14,15)16/h1-5H. The quantitative estimate of drug-likeness (QED) is 0.623. The normalized spacial score (nSPS) is 11.4. The van der Waals surface area contributed by atoms with E-state index in [4.69, 9.17) is 11.6 Å². The topological polar surface area (TPSA) is 35.0 Å². The summed E-state index contributed by atoms with van der Waals surface area (Å²) in [7, 11) is 0. The molecule has 0 saturated heterocycles. The van der Waals surface area contributed by atoms with E-state index in [1.807, 2.05) is 0 Å². The van der Waals surface area contributed by atoms with E-state index in [0.29, 0.717) is 0 Å². The largest absolute Gasteiger partial charge is 0.573 e. The lowest BCUT2D eigenvalue weighted by atomic mass is 10.1. The Labute approximate surface area is 109 Å². The van der Waals surface area contributed by atoms with E-state index in [1.54, 1.807) is 0 Å². The van der Waals surface area contributed by atoms with E-state index >= 15 is 0 Å². The van der Waals surface area contributed by atoms with E-state index in [9.17, 15) is 17.6 Å². The molecule has 0 bridgehead atoms. The second-order valence-electron chi connectivity index (χ2n) is 3.42. The van der Waals surface area contributed by atoms with Crippen LogP contribution in [0.5, 0.6) is 5.75 Å². The Hall–Kier alpha value is -1.89. The number of hydrogen-bond acceptors (Lipinski definition) is 3. The second kappa shape index (κ2) is 5.00. The van der Waals surface area contributed by atoms with Crippen molar-refractivity contribution >= 4 is 11.6 Å². The number of hydrogen-bond donors (Lipinski definition) is 0. The first-order chi connectivity index (χ1) is 8.85. The number of nitrogens with zero attached hydrogens (tertiary/aromatic N) is 2. The summed E-state index contributed by atoms with van der Waals surface area (Å²) in [6, 6.07) is 4.34. The smallest absolute Gasteiger partial charge is 0.403 e. The molecule has 0 aliphatic rings. The maximum Gasteiger partial charge on any atom is 0.573 e. The number of ether oxygens (including phenoxy) is 1. The highest BCUT2D eigenvalue weighted by molar-refractivity contribution is 6.29. The van der Waals surface area contributed by atoms with Gasteiger partial charge in [0, 0.05) is 11.6 Å². The summed E-state index contributed by atoms with van der Waals surface area (Å²) in [4.78, 5) is 7.47. The van der Waals surface area contributed by atoms with Crippen molar-refractivity contribution in [2.24, 2.45) is 0 Å². The summed E-state index contributed by atoms with van der Waals surface area (Å²) in [5, 5.41) is 0.140. The van der Waals surface area contributed by atoms with Crippen LogP contribution in [-0.2, 0) is 0 Å². The van der Waals surface area contributed by atoms with Gasteiger partial charge in [0.1, 0.15) is 11.5 Å². The summed E-state index contributed by atoms with van der Waals surface area (Å²) in [5.41, 5.74) is 0.550. The molecule has 0 radical (unpaired) electrons. The monoisotopic (exact) mass is 292 g/mol. The summed E-state index contributed by atoms with van der Waals surface area (Å²) in [6.45, 7) is 0. The molecule has 0 atom stereocenters. The summed E-state index contributed by atoms with van der Waals surface area (Å²) in [5.74, 6) is -2.05. The van der Waals surface area contributed by atoms with Gasteiger partial charge in [-0.2, -0.15) is 0 Å². The van der Waals surface area contributed by atoms with E-state index < -0.39 is 17.9 Å². The Morgan fingerprint density at radius 3 is 2.42 bits per heavy atom. The Morgan fingerprint density at radius 2 is 1.84 bits per heavy atom. The minimum Gasteiger partial charge on any atom is -0.403 e. The molecular weight excluding hydrogens is 288 g/mol. The minimum absolute atomic E-state index is 0.140. The number of aromatic nitrogens is 2. The van der Waals surface area contributed by atoms with Crippen LogP contribution in [0.15, 0.2) is 30.6 Å². The number of rotatable bonds is 2. The third-order valence-corrected chi connectivity index (χ3v) is 2.29. The molecule has 100 valence electrons. The van der Waals surface area contributed by atoms with E-state index in [1.165, 1.54) is 12.1 Å².